The molecule has 5 unspecified atom stereocenters. The fraction of sp³-hybridized carbons (Fsp3) is 0.745. The molecule has 6 aliphatic rings. The fourth-order valence-corrected chi connectivity index (χ4v) is 11.6. The zero-order valence-electron chi connectivity index (χ0n) is 36.6. The first-order valence-corrected chi connectivity index (χ1v) is 22.5. The molecule has 3 saturated heterocycles. The summed E-state index contributed by atoms with van der Waals surface area (Å²) in [5, 5.41) is 0.669. The van der Waals surface area contributed by atoms with E-state index >= 15 is 4.79 Å². The molecule has 4 fully saturated rings. The third-order valence-corrected chi connectivity index (χ3v) is 14.8. The van der Waals surface area contributed by atoms with Crippen LogP contribution in [-0.2, 0) is 47.5 Å². The molecule has 0 spiro atoms. The van der Waals surface area contributed by atoms with Crippen LogP contribution in [0.4, 0.5) is 0 Å². The van der Waals surface area contributed by atoms with Gasteiger partial charge < -0.3 is 42.8 Å². The molecule has 0 bridgehead atoms. The van der Waals surface area contributed by atoms with Crippen LogP contribution in [0, 0.1) is 35.5 Å². The maximum atomic E-state index is 15.0. The zero-order valence-corrected chi connectivity index (χ0v) is 37.3. The Morgan fingerprint density at radius 3 is 2.15 bits per heavy atom. The first-order chi connectivity index (χ1) is 28.3. The van der Waals surface area contributed by atoms with Gasteiger partial charge in [0.05, 0.1) is 30.8 Å². The highest BCUT2D eigenvalue weighted by molar-refractivity contribution is 6.30. The van der Waals surface area contributed by atoms with Gasteiger partial charge in [-0.15, -0.1) is 0 Å². The third kappa shape index (κ3) is 9.44. The summed E-state index contributed by atoms with van der Waals surface area (Å²) < 4.78 is 50.3. The lowest BCUT2D eigenvalue weighted by atomic mass is 9.66. The number of ether oxygens (including phenoxy) is 8. The number of carbonyl (C=O) groups excluding carboxylic acids is 2. The van der Waals surface area contributed by atoms with Crippen molar-refractivity contribution in [3.63, 3.8) is 0 Å². The largest absolute Gasteiger partial charge is 0.462 e. The Labute approximate surface area is 356 Å². The number of fused-ring (bicyclic) bond motifs is 5. The van der Waals surface area contributed by atoms with Gasteiger partial charge in [0.1, 0.15) is 24.4 Å². The van der Waals surface area contributed by atoms with Crippen LogP contribution in [0.2, 0.25) is 5.02 Å². The van der Waals surface area contributed by atoms with Gasteiger partial charge in [0.25, 0.3) is 0 Å². The number of halogens is 1. The lowest BCUT2D eigenvalue weighted by molar-refractivity contribution is -0.314. The summed E-state index contributed by atoms with van der Waals surface area (Å²) in [6.45, 7) is 8.16. The average Bonchev–Trinajstić information content (AvgIpc) is 3.80. The molecule has 12 heteroatoms. The summed E-state index contributed by atoms with van der Waals surface area (Å²) >= 11 is 6.41. The maximum Gasteiger partial charge on any atom is 0.306 e. The molecule has 3 heterocycles. The molecule has 59 heavy (non-hydrogen) atoms. The molecular formula is C47H68ClNO10. The van der Waals surface area contributed by atoms with E-state index in [4.69, 9.17) is 49.5 Å². The van der Waals surface area contributed by atoms with Gasteiger partial charge >= 0.3 is 5.97 Å². The highest BCUT2D eigenvalue weighted by atomic mass is 35.5. The second kappa shape index (κ2) is 19.5. The van der Waals surface area contributed by atoms with Crippen molar-refractivity contribution in [2.45, 2.75) is 153 Å². The minimum Gasteiger partial charge on any atom is -0.462 e. The van der Waals surface area contributed by atoms with Gasteiger partial charge in [0.15, 0.2) is 18.4 Å². The standard InChI is InChI=1S/C47H68ClNO10/c1-10-30-12-11-13-40(59-42-19-18-39(49(5)6)26(3)55-42)25(2)43(51)38-23-36-34-21-31(58-47-46(54-9)45(53-8)44(52-7)27(4)56-47)20-33(34)32(28-14-16-29(48)17-15-28)22-35(36)37(38)24-41(50)57-30/h14-17,22-23,25-27,30-31,33-37,39-40,42,44-47H,10-13,18-21,24H2,1-9H3/t25-,26?,27?,30+,31-,33?,34-,35?,36+,37+,39+,40+,42+,44+,45?,46+,47+/m1/s1. The molecule has 1 aromatic rings. The molecule has 0 radical (unpaired) electrons. The van der Waals surface area contributed by atoms with E-state index in [1.54, 1.807) is 21.3 Å². The Hall–Kier alpha value is -2.19. The van der Waals surface area contributed by atoms with Crippen molar-refractivity contribution < 1.29 is 47.5 Å². The number of Topliss-reactive ketones (excluding diaryl/α,β-unsaturated/α-hetero) is 1. The highest BCUT2D eigenvalue weighted by Crippen LogP contribution is 2.58. The lowest BCUT2D eigenvalue weighted by Gasteiger charge is -2.44. The molecule has 7 rings (SSSR count). The molecule has 1 saturated carbocycles. The third-order valence-electron chi connectivity index (χ3n) is 14.6. The fourth-order valence-electron chi connectivity index (χ4n) is 11.5. The Bertz CT molecular complexity index is 1670. The smallest absolute Gasteiger partial charge is 0.306 e. The number of hydrogen-bond donors (Lipinski definition) is 0. The van der Waals surface area contributed by atoms with E-state index in [0.717, 1.165) is 56.1 Å². The van der Waals surface area contributed by atoms with Crippen LogP contribution in [-0.4, -0.2) is 120 Å². The summed E-state index contributed by atoms with van der Waals surface area (Å²) in [5.41, 5.74) is 3.02. The molecule has 11 nitrogen and oxygen atoms in total. The molecule has 0 amide bonds. The van der Waals surface area contributed by atoms with Crippen molar-refractivity contribution in [2.75, 3.05) is 35.4 Å². The monoisotopic (exact) mass is 841 g/mol. The molecule has 3 aliphatic carbocycles. The zero-order chi connectivity index (χ0) is 42.1. The predicted octanol–water partition coefficient (Wildman–Crippen LogP) is 7.67. The number of ketones is 1. The van der Waals surface area contributed by atoms with Crippen LogP contribution in [0.15, 0.2) is 42.0 Å². The maximum absolute atomic E-state index is 15.0. The number of benzene rings is 1. The van der Waals surface area contributed by atoms with Gasteiger partial charge in [-0.25, -0.2) is 0 Å². The number of cyclic esters (lactones) is 1. The number of nitrogens with zero attached hydrogens (tertiary/aromatic N) is 1. The number of likely N-dealkylation sites (N-methyl/N-ethyl adjacent to an activating group) is 1. The first kappa shape index (κ1) is 44.9. The van der Waals surface area contributed by atoms with Crippen LogP contribution in [0.25, 0.3) is 5.57 Å². The van der Waals surface area contributed by atoms with Crippen LogP contribution in [0.1, 0.15) is 91.0 Å². The number of rotatable bonds is 10. The predicted molar refractivity (Wildman–Crippen MR) is 225 cm³/mol. The number of allylic oxidation sites excluding steroid dienone is 4. The van der Waals surface area contributed by atoms with E-state index in [1.165, 1.54) is 5.57 Å². The molecular weight excluding hydrogens is 774 g/mol. The van der Waals surface area contributed by atoms with E-state index in [-0.39, 0.29) is 96.8 Å². The Balaban J connectivity index is 1.20. The van der Waals surface area contributed by atoms with Crippen LogP contribution in [0.3, 0.4) is 0 Å². The lowest BCUT2D eigenvalue weighted by Crippen LogP contribution is -2.59. The topological polar surface area (TPSA) is 111 Å². The van der Waals surface area contributed by atoms with Gasteiger partial charge in [0.2, 0.25) is 0 Å². The number of methoxy groups -OCH3 is 3. The summed E-state index contributed by atoms with van der Waals surface area (Å²) in [5.74, 6) is -0.687. The van der Waals surface area contributed by atoms with E-state index in [0.29, 0.717) is 17.5 Å². The van der Waals surface area contributed by atoms with Crippen LogP contribution >= 0.6 is 11.6 Å². The van der Waals surface area contributed by atoms with Crippen LogP contribution in [0.5, 0.6) is 0 Å². The molecule has 3 aliphatic heterocycles. The normalized spacial score (nSPS) is 41.8. The Morgan fingerprint density at radius 1 is 0.780 bits per heavy atom. The SMILES string of the molecule is CC[C@H]1CCC[C@H](O[C@H]2CC[C@H](N(C)C)C(C)O2)[C@@H](C)C(=O)C2=C[C@@H]3C(C=C(c4ccc(Cl)cc4)C4C[C@@H](O[C@@H]5OC(C)[C@H](OC)C(OC)[C@@H]5OC)C[C@H]43)[C@@H]2CC(=O)O1. The summed E-state index contributed by atoms with van der Waals surface area (Å²) in [4.78, 5) is 31.1. The van der Waals surface area contributed by atoms with Crippen molar-refractivity contribution in [1.29, 1.82) is 0 Å². The second-order valence-electron chi connectivity index (χ2n) is 18.2. The minimum absolute atomic E-state index is 0.0147. The molecule has 17 atom stereocenters. The molecule has 0 N–H and O–H groups in total. The summed E-state index contributed by atoms with van der Waals surface area (Å²) in [7, 11) is 9.14. The number of esters is 1. The van der Waals surface area contributed by atoms with Crippen molar-refractivity contribution in [2.24, 2.45) is 35.5 Å². The number of hydrogen-bond acceptors (Lipinski definition) is 11. The highest BCUT2D eigenvalue weighted by Gasteiger charge is 2.54. The van der Waals surface area contributed by atoms with Gasteiger partial charge in [-0.1, -0.05) is 49.7 Å². The average molecular weight is 843 g/mol. The molecule has 1 aromatic carbocycles. The van der Waals surface area contributed by atoms with Gasteiger partial charge in [-0.2, -0.15) is 0 Å². The Kier molecular flexibility index (Phi) is 14.8. The van der Waals surface area contributed by atoms with E-state index < -0.39 is 18.3 Å². The van der Waals surface area contributed by atoms with Gasteiger partial charge in [-0.05, 0) is 132 Å². The number of carbonyl (C=O) groups is 2. The van der Waals surface area contributed by atoms with Crippen molar-refractivity contribution in [3.05, 3.63) is 52.6 Å². The summed E-state index contributed by atoms with van der Waals surface area (Å²) in [6.07, 6.45) is 7.78. The van der Waals surface area contributed by atoms with Crippen molar-refractivity contribution in [1.82, 2.24) is 4.90 Å². The van der Waals surface area contributed by atoms with Gasteiger partial charge in [-0.3, -0.25) is 9.59 Å². The van der Waals surface area contributed by atoms with Crippen LogP contribution < -0.4 is 0 Å². The van der Waals surface area contributed by atoms with Gasteiger partial charge in [0, 0.05) is 44.2 Å². The first-order valence-electron chi connectivity index (χ1n) is 22.1. The molecule has 328 valence electrons. The van der Waals surface area contributed by atoms with Crippen molar-refractivity contribution >= 4 is 28.9 Å². The van der Waals surface area contributed by atoms with E-state index in [2.05, 4.69) is 57.1 Å². The minimum atomic E-state index is -0.655. The van der Waals surface area contributed by atoms with E-state index in [1.807, 2.05) is 26.0 Å². The quantitative estimate of drug-likeness (QED) is 0.217. The van der Waals surface area contributed by atoms with E-state index in [9.17, 15) is 4.79 Å². The second-order valence-corrected chi connectivity index (χ2v) is 18.6. The summed E-state index contributed by atoms with van der Waals surface area (Å²) in [6, 6.07) is 8.33. The van der Waals surface area contributed by atoms with Crippen molar-refractivity contribution in [3.8, 4) is 0 Å². The Morgan fingerprint density at radius 2 is 1.49 bits per heavy atom. The molecule has 0 aromatic heterocycles.